The molecular weight excluding hydrogens is 408 g/mol. The number of thioether (sulfide) groups is 1. The van der Waals surface area contributed by atoms with Crippen molar-refractivity contribution < 1.29 is 14.6 Å². The minimum absolute atomic E-state index is 0.0699. The molecule has 2 aromatic carbocycles. The lowest BCUT2D eigenvalue weighted by Crippen LogP contribution is -2.01. The summed E-state index contributed by atoms with van der Waals surface area (Å²) in [6, 6.07) is 19.2. The van der Waals surface area contributed by atoms with Crippen LogP contribution in [0.1, 0.15) is 29.3 Å². The number of nitrogens with zero attached hydrogens (tertiary/aromatic N) is 2. The lowest BCUT2D eigenvalue weighted by atomic mass is 10.1. The van der Waals surface area contributed by atoms with E-state index in [1.165, 1.54) is 11.8 Å². The van der Waals surface area contributed by atoms with Gasteiger partial charge in [-0.3, -0.25) is 4.79 Å². The number of aromatic nitrogens is 1. The molecule has 0 aliphatic carbocycles. The Hall–Kier alpha value is -2.75. The summed E-state index contributed by atoms with van der Waals surface area (Å²) in [5, 5.41) is 19.5. The first-order valence-corrected chi connectivity index (χ1v) is 10.5. The van der Waals surface area contributed by atoms with Gasteiger partial charge in [-0.05, 0) is 35.9 Å². The third-order valence-electron chi connectivity index (χ3n) is 4.24. The number of carboxylic acids is 1. The molecule has 0 saturated carbocycles. The van der Waals surface area contributed by atoms with E-state index in [0.29, 0.717) is 29.6 Å². The van der Waals surface area contributed by atoms with Gasteiger partial charge in [-0.25, -0.2) is 4.98 Å². The molecule has 1 heterocycles. The molecule has 0 bridgehead atoms. The van der Waals surface area contributed by atoms with Crippen LogP contribution < -0.4 is 4.74 Å². The zero-order valence-electron chi connectivity index (χ0n) is 15.5. The molecule has 29 heavy (non-hydrogen) atoms. The highest BCUT2D eigenvalue weighted by Crippen LogP contribution is 2.34. The quantitative estimate of drug-likeness (QED) is 0.477. The van der Waals surface area contributed by atoms with Gasteiger partial charge in [0.1, 0.15) is 12.4 Å². The standard InChI is InChI=1S/C22H19ClN2O3S/c23-17-6-4-15-5-7-18(25-20(15)13-17)14-28-19-3-1-2-16(12-19)21(8-10-24)29-11-9-22(26)27/h1-7,12-13,21H,8-9,11,14H2,(H,26,27). The second-order valence-electron chi connectivity index (χ2n) is 6.37. The number of ether oxygens (including phenoxy) is 1. The van der Waals surface area contributed by atoms with Crippen molar-refractivity contribution in [2.45, 2.75) is 24.7 Å². The van der Waals surface area contributed by atoms with Crippen LogP contribution in [-0.2, 0) is 11.4 Å². The number of hydrogen-bond acceptors (Lipinski definition) is 5. The molecule has 1 N–H and O–H groups in total. The Kier molecular flexibility index (Phi) is 7.34. The van der Waals surface area contributed by atoms with E-state index in [1.807, 2.05) is 54.6 Å². The molecule has 0 spiro atoms. The van der Waals surface area contributed by atoms with Crippen LogP contribution in [0.4, 0.5) is 0 Å². The molecule has 1 unspecified atom stereocenters. The van der Waals surface area contributed by atoms with Crippen LogP contribution in [0.5, 0.6) is 5.75 Å². The van der Waals surface area contributed by atoms with Crippen LogP contribution in [0, 0.1) is 11.3 Å². The molecule has 0 saturated heterocycles. The van der Waals surface area contributed by atoms with Crippen LogP contribution in [0.3, 0.4) is 0 Å². The second kappa shape index (κ2) is 10.1. The monoisotopic (exact) mass is 426 g/mol. The molecule has 3 aromatic rings. The van der Waals surface area contributed by atoms with Gasteiger partial charge in [0.05, 0.1) is 30.1 Å². The molecule has 1 atom stereocenters. The van der Waals surface area contributed by atoms with E-state index in [0.717, 1.165) is 22.2 Å². The van der Waals surface area contributed by atoms with Gasteiger partial charge in [0, 0.05) is 21.4 Å². The number of carboxylic acid groups (broad SMARTS) is 1. The van der Waals surface area contributed by atoms with E-state index < -0.39 is 5.97 Å². The molecule has 148 valence electrons. The molecule has 7 heteroatoms. The van der Waals surface area contributed by atoms with Crippen molar-refractivity contribution in [3.8, 4) is 11.8 Å². The van der Waals surface area contributed by atoms with E-state index in [4.69, 9.17) is 26.7 Å². The summed E-state index contributed by atoms with van der Waals surface area (Å²) in [5.74, 6) is 0.294. The SMILES string of the molecule is N#CCC(SCCC(=O)O)c1cccc(OCc2ccc3ccc(Cl)cc3n2)c1. The van der Waals surface area contributed by atoms with Gasteiger partial charge in [0.25, 0.3) is 0 Å². The Morgan fingerprint density at radius 1 is 1.24 bits per heavy atom. The fraction of sp³-hybridized carbons (Fsp3) is 0.227. The lowest BCUT2D eigenvalue weighted by Gasteiger charge is -2.15. The van der Waals surface area contributed by atoms with Crippen molar-refractivity contribution in [3.05, 3.63) is 70.9 Å². The normalized spacial score (nSPS) is 11.7. The first kappa shape index (κ1) is 21.0. The summed E-state index contributed by atoms with van der Waals surface area (Å²) in [4.78, 5) is 15.3. The van der Waals surface area contributed by atoms with Crippen LogP contribution in [0.2, 0.25) is 5.02 Å². The largest absolute Gasteiger partial charge is 0.487 e. The number of fused-ring (bicyclic) bond motifs is 1. The maximum Gasteiger partial charge on any atom is 0.304 e. The number of pyridine rings is 1. The Labute approximate surface area is 178 Å². The average molecular weight is 427 g/mol. The highest BCUT2D eigenvalue weighted by molar-refractivity contribution is 7.99. The topological polar surface area (TPSA) is 83.2 Å². The van der Waals surface area contributed by atoms with Crippen LogP contribution in [-0.4, -0.2) is 21.8 Å². The summed E-state index contributed by atoms with van der Waals surface area (Å²) in [6.07, 6.45) is 0.376. The molecule has 0 aliphatic rings. The highest BCUT2D eigenvalue weighted by atomic mass is 35.5. The number of nitriles is 1. The first-order chi connectivity index (χ1) is 14.0. The predicted molar refractivity (Wildman–Crippen MR) is 115 cm³/mol. The number of benzene rings is 2. The number of carbonyl (C=O) groups is 1. The van der Waals surface area contributed by atoms with Crippen molar-refractivity contribution in [3.63, 3.8) is 0 Å². The smallest absolute Gasteiger partial charge is 0.304 e. The Morgan fingerprint density at radius 2 is 2.07 bits per heavy atom. The minimum atomic E-state index is -0.838. The summed E-state index contributed by atoms with van der Waals surface area (Å²) in [7, 11) is 0. The molecule has 0 fully saturated rings. The summed E-state index contributed by atoms with van der Waals surface area (Å²) >= 11 is 7.51. The third-order valence-corrected chi connectivity index (χ3v) is 5.76. The zero-order chi connectivity index (χ0) is 20.6. The van der Waals surface area contributed by atoms with E-state index in [9.17, 15) is 4.79 Å². The highest BCUT2D eigenvalue weighted by Gasteiger charge is 2.14. The number of halogens is 1. The average Bonchev–Trinajstić information content (AvgIpc) is 2.71. The number of aliphatic carboxylic acids is 1. The summed E-state index contributed by atoms with van der Waals surface area (Å²) in [5.41, 5.74) is 2.54. The zero-order valence-corrected chi connectivity index (χ0v) is 17.1. The molecule has 5 nitrogen and oxygen atoms in total. The van der Waals surface area contributed by atoms with E-state index in [1.54, 1.807) is 0 Å². The van der Waals surface area contributed by atoms with Crippen molar-refractivity contribution in [1.82, 2.24) is 4.98 Å². The maximum absolute atomic E-state index is 10.7. The number of hydrogen-bond donors (Lipinski definition) is 1. The van der Waals surface area contributed by atoms with E-state index in [2.05, 4.69) is 11.1 Å². The molecule has 1 aromatic heterocycles. The van der Waals surface area contributed by atoms with Gasteiger partial charge in [-0.1, -0.05) is 35.9 Å². The fourth-order valence-corrected chi connectivity index (χ4v) is 4.09. The Bertz CT molecular complexity index is 1050. The summed E-state index contributed by atoms with van der Waals surface area (Å²) in [6.45, 7) is 0.307. The molecule has 3 rings (SSSR count). The van der Waals surface area contributed by atoms with Crippen molar-refractivity contribution in [1.29, 1.82) is 5.26 Å². The molecule has 0 radical (unpaired) electrons. The van der Waals surface area contributed by atoms with E-state index in [-0.39, 0.29) is 11.7 Å². The van der Waals surface area contributed by atoms with Crippen LogP contribution >= 0.6 is 23.4 Å². The van der Waals surface area contributed by atoms with E-state index >= 15 is 0 Å². The Morgan fingerprint density at radius 3 is 2.86 bits per heavy atom. The van der Waals surface area contributed by atoms with Gasteiger partial charge >= 0.3 is 5.97 Å². The second-order valence-corrected chi connectivity index (χ2v) is 8.11. The van der Waals surface area contributed by atoms with Crippen LogP contribution in [0.25, 0.3) is 10.9 Å². The first-order valence-electron chi connectivity index (χ1n) is 9.03. The molecular formula is C22H19ClN2O3S. The van der Waals surface area contributed by atoms with Crippen LogP contribution in [0.15, 0.2) is 54.6 Å². The van der Waals surface area contributed by atoms with Gasteiger partial charge in [-0.2, -0.15) is 17.0 Å². The van der Waals surface area contributed by atoms with Gasteiger partial charge in [0.15, 0.2) is 0 Å². The van der Waals surface area contributed by atoms with Gasteiger partial charge in [-0.15, -0.1) is 0 Å². The van der Waals surface area contributed by atoms with Gasteiger partial charge in [0.2, 0.25) is 0 Å². The molecule has 0 amide bonds. The lowest BCUT2D eigenvalue weighted by molar-refractivity contribution is -0.136. The number of rotatable bonds is 9. The minimum Gasteiger partial charge on any atom is -0.487 e. The predicted octanol–water partition coefficient (Wildman–Crippen LogP) is 5.63. The fourth-order valence-electron chi connectivity index (χ4n) is 2.82. The Balaban J connectivity index is 1.68. The van der Waals surface area contributed by atoms with Crippen molar-refractivity contribution >= 4 is 40.2 Å². The maximum atomic E-state index is 10.7. The summed E-state index contributed by atoms with van der Waals surface area (Å²) < 4.78 is 5.90. The molecule has 0 aliphatic heterocycles. The van der Waals surface area contributed by atoms with Gasteiger partial charge < -0.3 is 9.84 Å². The van der Waals surface area contributed by atoms with Crippen molar-refractivity contribution in [2.24, 2.45) is 0 Å². The van der Waals surface area contributed by atoms with Crippen molar-refractivity contribution in [2.75, 3.05) is 5.75 Å². The third kappa shape index (κ3) is 6.11.